The first kappa shape index (κ1) is 15.7. The Kier molecular flexibility index (Phi) is 13.6. The standard InChI is InChI=1S/C2H2O4.2Co/c3-1(4)2(5)6;;/h(H,3,4)(H,5,6);;. The van der Waals surface area contributed by atoms with E-state index >= 15 is 0 Å². The smallest absolute Gasteiger partial charge is 0.414 e. The second kappa shape index (κ2) is 6.95. The number of carbonyl (C=O) groups is 2. The Balaban J connectivity index is -0.000000125. The molecule has 4 nitrogen and oxygen atoms in total. The minimum atomic E-state index is -1.82. The maximum absolute atomic E-state index is 9.10. The molecule has 8 heavy (non-hydrogen) atoms. The van der Waals surface area contributed by atoms with Crippen molar-refractivity contribution in [3.8, 4) is 0 Å². The van der Waals surface area contributed by atoms with Gasteiger partial charge in [-0.3, -0.25) is 0 Å². The number of hydrogen-bond acceptors (Lipinski definition) is 2. The van der Waals surface area contributed by atoms with Crippen molar-refractivity contribution in [1.29, 1.82) is 0 Å². The van der Waals surface area contributed by atoms with Gasteiger partial charge in [0.1, 0.15) is 0 Å². The fraction of sp³-hybridized carbons (Fsp3) is 0. The molecular weight excluding hydrogens is 206 g/mol. The maximum atomic E-state index is 9.10. The van der Waals surface area contributed by atoms with Gasteiger partial charge in [0.05, 0.1) is 0 Å². The number of carboxylic acid groups (broad SMARTS) is 2. The second-order valence-corrected chi connectivity index (χ2v) is 0.610. The Morgan fingerprint density at radius 3 is 1.00 bits per heavy atom. The SMILES string of the molecule is O=C(O)C(=O)O.[Co].[Co]. The van der Waals surface area contributed by atoms with Crippen LogP contribution in [0.15, 0.2) is 0 Å². The van der Waals surface area contributed by atoms with Crippen LogP contribution in [-0.4, -0.2) is 22.2 Å². The molecule has 0 fully saturated rings. The zero-order valence-corrected chi connectivity index (χ0v) is 5.46. The van der Waals surface area contributed by atoms with Gasteiger partial charge in [0.2, 0.25) is 0 Å². The predicted molar refractivity (Wildman–Crippen MR) is 15.3 cm³/mol. The van der Waals surface area contributed by atoms with Crippen LogP contribution in [0.25, 0.3) is 0 Å². The molecule has 0 saturated carbocycles. The number of aliphatic carboxylic acids is 2. The Hall–Kier alpha value is -0.0470. The monoisotopic (exact) mass is 208 g/mol. The number of hydrogen-bond donors (Lipinski definition) is 2. The van der Waals surface area contributed by atoms with E-state index in [1.807, 2.05) is 0 Å². The number of rotatable bonds is 0. The summed E-state index contributed by atoms with van der Waals surface area (Å²) in [6.45, 7) is 0. The minimum Gasteiger partial charge on any atom is -0.473 e. The molecule has 0 bridgehead atoms. The topological polar surface area (TPSA) is 74.6 Å². The largest absolute Gasteiger partial charge is 0.473 e. The van der Waals surface area contributed by atoms with Crippen LogP contribution in [-0.2, 0) is 43.1 Å². The summed E-state index contributed by atoms with van der Waals surface area (Å²) in [5.74, 6) is -3.65. The van der Waals surface area contributed by atoms with E-state index in [2.05, 4.69) is 0 Å². The van der Waals surface area contributed by atoms with Gasteiger partial charge in [-0.2, -0.15) is 0 Å². The minimum absolute atomic E-state index is 0. The van der Waals surface area contributed by atoms with Crippen molar-refractivity contribution in [2.75, 3.05) is 0 Å². The van der Waals surface area contributed by atoms with E-state index in [4.69, 9.17) is 19.8 Å². The van der Waals surface area contributed by atoms with Crippen molar-refractivity contribution >= 4 is 11.9 Å². The molecule has 0 aromatic carbocycles. The van der Waals surface area contributed by atoms with Gasteiger partial charge in [0.15, 0.2) is 0 Å². The van der Waals surface area contributed by atoms with Gasteiger partial charge < -0.3 is 10.2 Å². The summed E-state index contributed by atoms with van der Waals surface area (Å²) in [6, 6.07) is 0. The molecule has 0 spiro atoms. The molecular formula is C2H2Co2O4. The molecule has 0 rings (SSSR count). The Morgan fingerprint density at radius 1 is 0.875 bits per heavy atom. The van der Waals surface area contributed by atoms with E-state index in [1.54, 1.807) is 0 Å². The summed E-state index contributed by atoms with van der Waals surface area (Å²) < 4.78 is 0. The van der Waals surface area contributed by atoms with Crippen molar-refractivity contribution in [3.63, 3.8) is 0 Å². The van der Waals surface area contributed by atoms with Crippen LogP contribution in [0.5, 0.6) is 0 Å². The van der Waals surface area contributed by atoms with Gasteiger partial charge in [0, 0.05) is 33.6 Å². The molecule has 0 aliphatic heterocycles. The first-order chi connectivity index (χ1) is 2.64. The molecule has 0 unspecified atom stereocenters. The fourth-order valence-corrected chi connectivity index (χ4v) is 0. The van der Waals surface area contributed by atoms with Gasteiger partial charge in [-0.1, -0.05) is 0 Å². The molecule has 52 valence electrons. The van der Waals surface area contributed by atoms with Crippen molar-refractivity contribution in [2.24, 2.45) is 0 Å². The van der Waals surface area contributed by atoms with E-state index in [9.17, 15) is 0 Å². The van der Waals surface area contributed by atoms with E-state index in [0.29, 0.717) is 0 Å². The van der Waals surface area contributed by atoms with Gasteiger partial charge >= 0.3 is 11.9 Å². The summed E-state index contributed by atoms with van der Waals surface area (Å²) in [7, 11) is 0. The van der Waals surface area contributed by atoms with Crippen LogP contribution in [0.3, 0.4) is 0 Å². The van der Waals surface area contributed by atoms with Crippen molar-refractivity contribution in [3.05, 3.63) is 0 Å². The summed E-state index contributed by atoms with van der Waals surface area (Å²) >= 11 is 0. The third-order valence-electron chi connectivity index (χ3n) is 0.183. The predicted octanol–water partition coefficient (Wildman–Crippen LogP) is -0.849. The van der Waals surface area contributed by atoms with Gasteiger partial charge in [-0.25, -0.2) is 9.59 Å². The van der Waals surface area contributed by atoms with Crippen LogP contribution in [0.1, 0.15) is 0 Å². The summed E-state index contributed by atoms with van der Waals surface area (Å²) in [5.41, 5.74) is 0. The fourth-order valence-electron chi connectivity index (χ4n) is 0. The molecule has 0 aliphatic carbocycles. The van der Waals surface area contributed by atoms with Crippen LogP contribution >= 0.6 is 0 Å². The van der Waals surface area contributed by atoms with E-state index in [-0.39, 0.29) is 33.6 Å². The third-order valence-corrected chi connectivity index (χ3v) is 0.183. The summed E-state index contributed by atoms with van der Waals surface area (Å²) in [6.07, 6.45) is 0. The normalized spacial score (nSPS) is 5.50. The molecule has 0 atom stereocenters. The van der Waals surface area contributed by atoms with Crippen LogP contribution in [0.4, 0.5) is 0 Å². The first-order valence-electron chi connectivity index (χ1n) is 1.11. The molecule has 0 aliphatic rings. The van der Waals surface area contributed by atoms with E-state index in [1.165, 1.54) is 0 Å². The molecule has 0 aromatic rings. The van der Waals surface area contributed by atoms with Crippen molar-refractivity contribution < 1.29 is 53.4 Å². The number of carboxylic acids is 2. The van der Waals surface area contributed by atoms with Crippen molar-refractivity contribution in [1.82, 2.24) is 0 Å². The first-order valence-corrected chi connectivity index (χ1v) is 1.11. The second-order valence-electron chi connectivity index (χ2n) is 0.610. The molecule has 2 N–H and O–H groups in total. The van der Waals surface area contributed by atoms with E-state index < -0.39 is 11.9 Å². The molecule has 0 aromatic heterocycles. The molecule has 0 amide bonds. The summed E-state index contributed by atoms with van der Waals surface area (Å²) in [5, 5.41) is 14.8. The van der Waals surface area contributed by atoms with Crippen LogP contribution < -0.4 is 0 Å². The Bertz CT molecular complexity index is 78.0. The van der Waals surface area contributed by atoms with Gasteiger partial charge in [-0.15, -0.1) is 0 Å². The van der Waals surface area contributed by atoms with Gasteiger partial charge in [0.25, 0.3) is 0 Å². The molecule has 2 radical (unpaired) electrons. The molecule has 0 saturated heterocycles. The average Bonchev–Trinajstić information content (AvgIpc) is 1.36. The van der Waals surface area contributed by atoms with Crippen LogP contribution in [0.2, 0.25) is 0 Å². The Labute approximate surface area is 65.7 Å². The summed E-state index contributed by atoms with van der Waals surface area (Å²) in [4.78, 5) is 18.2. The quantitative estimate of drug-likeness (QED) is 0.508. The maximum Gasteiger partial charge on any atom is 0.414 e. The van der Waals surface area contributed by atoms with E-state index in [0.717, 1.165) is 0 Å². The van der Waals surface area contributed by atoms with Gasteiger partial charge in [-0.05, 0) is 0 Å². The zero-order chi connectivity index (χ0) is 5.15. The average molecular weight is 208 g/mol. The van der Waals surface area contributed by atoms with Crippen molar-refractivity contribution in [2.45, 2.75) is 0 Å². The molecule has 6 heteroatoms. The third kappa shape index (κ3) is 9.35. The van der Waals surface area contributed by atoms with Crippen LogP contribution in [0, 0.1) is 0 Å². The molecule has 0 heterocycles. The Morgan fingerprint density at radius 2 is 1.00 bits per heavy atom. The zero-order valence-electron chi connectivity index (χ0n) is 3.38.